The first-order valence-electron chi connectivity index (χ1n) is 10.6. The Kier molecular flexibility index (Phi) is 4.39. The fraction of sp³-hybridized carbons (Fsp3) is 0.208. The highest BCUT2D eigenvalue weighted by Crippen LogP contribution is 2.32. The summed E-state index contributed by atoms with van der Waals surface area (Å²) < 4.78 is 6.07. The van der Waals surface area contributed by atoms with Gasteiger partial charge in [-0.15, -0.1) is 0 Å². The molecule has 7 nitrogen and oxygen atoms in total. The third-order valence-electron chi connectivity index (χ3n) is 5.84. The van der Waals surface area contributed by atoms with Crippen molar-refractivity contribution in [1.29, 1.82) is 0 Å². The van der Waals surface area contributed by atoms with Gasteiger partial charge in [-0.2, -0.15) is 0 Å². The Bertz CT molecular complexity index is 1370. The van der Waals surface area contributed by atoms with Crippen molar-refractivity contribution in [3.63, 3.8) is 0 Å². The molecule has 1 aliphatic rings. The summed E-state index contributed by atoms with van der Waals surface area (Å²) in [5.74, 6) is 0.568. The van der Waals surface area contributed by atoms with Crippen molar-refractivity contribution in [3.05, 3.63) is 61.3 Å². The first-order chi connectivity index (χ1) is 15.3. The number of rotatable bonds is 4. The van der Waals surface area contributed by atoms with E-state index >= 15 is 0 Å². The molecule has 1 aliphatic heterocycles. The molecule has 5 heterocycles. The van der Waals surface area contributed by atoms with Crippen LogP contribution in [0.15, 0.2) is 61.3 Å². The molecule has 5 aromatic rings. The Morgan fingerprint density at radius 2 is 2.00 bits per heavy atom. The van der Waals surface area contributed by atoms with Crippen molar-refractivity contribution in [2.45, 2.75) is 18.9 Å². The van der Waals surface area contributed by atoms with Gasteiger partial charge in [0.05, 0.1) is 18.1 Å². The fourth-order valence-corrected chi connectivity index (χ4v) is 4.24. The standard InChI is InChI=1S/C24H22N6O/c1-2-18(11-25-6-1)31-23-14-26-13-22(30-23)20-12-28-21-4-3-15(9-19(20)21)17-8-16-5-7-27-24(16)29-10-17/h3-5,7-10,12-14,18,25,28H,1-2,6,11H2,(H,27,29). The first-order valence-corrected chi connectivity index (χ1v) is 10.6. The van der Waals surface area contributed by atoms with Crippen LogP contribution in [-0.4, -0.2) is 44.1 Å². The number of H-pyrrole nitrogens is 2. The number of nitrogens with zero attached hydrogens (tertiary/aromatic N) is 3. The van der Waals surface area contributed by atoms with Crippen molar-refractivity contribution in [2.24, 2.45) is 0 Å². The van der Waals surface area contributed by atoms with Gasteiger partial charge >= 0.3 is 0 Å². The molecule has 31 heavy (non-hydrogen) atoms. The largest absolute Gasteiger partial charge is 0.472 e. The zero-order valence-electron chi connectivity index (χ0n) is 16.9. The number of benzene rings is 1. The van der Waals surface area contributed by atoms with E-state index in [-0.39, 0.29) is 6.10 Å². The summed E-state index contributed by atoms with van der Waals surface area (Å²) in [6, 6.07) is 10.6. The second kappa shape index (κ2) is 7.52. The minimum atomic E-state index is 0.142. The lowest BCUT2D eigenvalue weighted by molar-refractivity contribution is 0.160. The topological polar surface area (TPSA) is 91.5 Å². The molecule has 1 fully saturated rings. The van der Waals surface area contributed by atoms with E-state index in [1.54, 1.807) is 12.4 Å². The molecule has 7 heteroatoms. The molecule has 154 valence electrons. The number of piperidine rings is 1. The molecule has 1 atom stereocenters. The third-order valence-corrected chi connectivity index (χ3v) is 5.84. The molecule has 4 aromatic heterocycles. The number of fused-ring (bicyclic) bond motifs is 2. The Morgan fingerprint density at radius 1 is 1.00 bits per heavy atom. The molecule has 0 spiro atoms. The van der Waals surface area contributed by atoms with Crippen LogP contribution in [0.2, 0.25) is 0 Å². The van der Waals surface area contributed by atoms with Gasteiger partial charge in [0.2, 0.25) is 5.88 Å². The highest BCUT2D eigenvalue weighted by molar-refractivity contribution is 5.97. The summed E-state index contributed by atoms with van der Waals surface area (Å²) in [5.41, 5.74) is 5.94. The highest BCUT2D eigenvalue weighted by Gasteiger charge is 2.16. The summed E-state index contributed by atoms with van der Waals surface area (Å²) >= 11 is 0. The van der Waals surface area contributed by atoms with Gasteiger partial charge in [-0.25, -0.2) is 9.97 Å². The number of aromatic nitrogens is 5. The maximum absolute atomic E-state index is 6.07. The second-order valence-corrected chi connectivity index (χ2v) is 7.93. The molecule has 0 bridgehead atoms. The number of nitrogens with one attached hydrogen (secondary N) is 3. The Hall–Kier alpha value is -3.71. The molecule has 0 aliphatic carbocycles. The van der Waals surface area contributed by atoms with Crippen LogP contribution in [0, 0.1) is 0 Å². The summed E-state index contributed by atoms with van der Waals surface area (Å²) in [6.45, 7) is 1.90. The molecule has 6 rings (SSSR count). The summed E-state index contributed by atoms with van der Waals surface area (Å²) in [7, 11) is 0. The monoisotopic (exact) mass is 410 g/mol. The molecule has 1 saturated heterocycles. The third kappa shape index (κ3) is 3.43. The number of hydrogen-bond donors (Lipinski definition) is 3. The molecule has 1 aromatic carbocycles. The Morgan fingerprint density at radius 3 is 2.94 bits per heavy atom. The van der Waals surface area contributed by atoms with Gasteiger partial charge in [0.1, 0.15) is 11.8 Å². The van der Waals surface area contributed by atoms with Crippen LogP contribution in [0.25, 0.3) is 44.3 Å². The maximum atomic E-state index is 6.07. The van der Waals surface area contributed by atoms with Gasteiger partial charge in [-0.05, 0) is 49.2 Å². The predicted octanol–water partition coefficient (Wildman–Crippen LogP) is 4.30. The second-order valence-electron chi connectivity index (χ2n) is 7.93. The number of hydrogen-bond acceptors (Lipinski definition) is 5. The minimum Gasteiger partial charge on any atom is -0.472 e. The quantitative estimate of drug-likeness (QED) is 0.411. The van der Waals surface area contributed by atoms with Crippen molar-refractivity contribution in [3.8, 4) is 28.3 Å². The molecule has 0 amide bonds. The zero-order chi connectivity index (χ0) is 20.6. The average Bonchev–Trinajstić information content (AvgIpc) is 3.46. The number of pyridine rings is 1. The van der Waals surface area contributed by atoms with E-state index in [9.17, 15) is 0 Å². The molecular formula is C24H22N6O. The summed E-state index contributed by atoms with van der Waals surface area (Å²) in [5, 5.41) is 5.56. The number of aromatic amines is 2. The van der Waals surface area contributed by atoms with E-state index in [4.69, 9.17) is 9.72 Å². The number of ether oxygens (including phenoxy) is 1. The van der Waals surface area contributed by atoms with Crippen LogP contribution in [0.3, 0.4) is 0 Å². The van der Waals surface area contributed by atoms with Gasteiger partial charge < -0.3 is 20.0 Å². The average molecular weight is 410 g/mol. The van der Waals surface area contributed by atoms with E-state index in [1.165, 1.54) is 0 Å². The van der Waals surface area contributed by atoms with E-state index in [0.717, 1.165) is 70.3 Å². The van der Waals surface area contributed by atoms with Gasteiger partial charge in [0, 0.05) is 52.6 Å². The lowest BCUT2D eigenvalue weighted by Gasteiger charge is -2.23. The van der Waals surface area contributed by atoms with Crippen molar-refractivity contribution < 1.29 is 4.74 Å². The molecule has 3 N–H and O–H groups in total. The van der Waals surface area contributed by atoms with Crippen molar-refractivity contribution in [2.75, 3.05) is 13.1 Å². The lowest BCUT2D eigenvalue weighted by Crippen LogP contribution is -2.37. The van der Waals surface area contributed by atoms with E-state index < -0.39 is 0 Å². The Labute approximate surface area is 178 Å². The molecular weight excluding hydrogens is 388 g/mol. The van der Waals surface area contributed by atoms with E-state index in [0.29, 0.717) is 5.88 Å². The first kappa shape index (κ1) is 18.1. The highest BCUT2D eigenvalue weighted by atomic mass is 16.5. The minimum absolute atomic E-state index is 0.142. The SMILES string of the molecule is c1cc2cc(-c3ccc4[nH]cc(-c5cncc(OC6CCCNC6)n5)c4c3)cnc2[nH]1. The maximum Gasteiger partial charge on any atom is 0.233 e. The van der Waals surface area contributed by atoms with Gasteiger partial charge in [0.15, 0.2) is 0 Å². The normalized spacial score (nSPS) is 16.7. The van der Waals surface area contributed by atoms with Crippen LogP contribution in [0.4, 0.5) is 0 Å². The van der Waals surface area contributed by atoms with Crippen LogP contribution in [-0.2, 0) is 0 Å². The Balaban J connectivity index is 1.36. The fourth-order valence-electron chi connectivity index (χ4n) is 4.24. The predicted molar refractivity (Wildman–Crippen MR) is 121 cm³/mol. The lowest BCUT2D eigenvalue weighted by atomic mass is 10.0. The smallest absolute Gasteiger partial charge is 0.233 e. The van der Waals surface area contributed by atoms with Gasteiger partial charge in [-0.3, -0.25) is 4.98 Å². The van der Waals surface area contributed by atoms with Crippen LogP contribution >= 0.6 is 0 Å². The summed E-state index contributed by atoms with van der Waals surface area (Å²) in [4.78, 5) is 20.2. The van der Waals surface area contributed by atoms with Crippen LogP contribution in [0.1, 0.15) is 12.8 Å². The van der Waals surface area contributed by atoms with Crippen LogP contribution in [0.5, 0.6) is 5.88 Å². The van der Waals surface area contributed by atoms with Crippen molar-refractivity contribution >= 4 is 21.9 Å². The zero-order valence-corrected chi connectivity index (χ0v) is 16.9. The summed E-state index contributed by atoms with van der Waals surface area (Å²) in [6.07, 6.45) is 11.6. The van der Waals surface area contributed by atoms with Gasteiger partial charge in [-0.1, -0.05) is 6.07 Å². The molecule has 0 radical (unpaired) electrons. The van der Waals surface area contributed by atoms with E-state index in [1.807, 2.05) is 24.7 Å². The van der Waals surface area contributed by atoms with Crippen molar-refractivity contribution in [1.82, 2.24) is 30.2 Å². The molecule has 0 saturated carbocycles. The van der Waals surface area contributed by atoms with E-state index in [2.05, 4.69) is 49.5 Å². The van der Waals surface area contributed by atoms with Crippen LogP contribution < -0.4 is 10.1 Å². The molecule has 1 unspecified atom stereocenters. The van der Waals surface area contributed by atoms with Gasteiger partial charge in [0.25, 0.3) is 0 Å².